The Morgan fingerprint density at radius 2 is 2.04 bits per heavy atom. The van der Waals surface area contributed by atoms with Crippen LogP contribution < -0.4 is 15.4 Å². The fraction of sp³-hybridized carbons (Fsp3) is 0.368. The molecule has 134 valence electrons. The van der Waals surface area contributed by atoms with Crippen LogP contribution in [0, 0.1) is 0 Å². The molecule has 3 rings (SSSR count). The van der Waals surface area contributed by atoms with Gasteiger partial charge in [-0.1, -0.05) is 24.3 Å². The van der Waals surface area contributed by atoms with Crippen molar-refractivity contribution in [1.29, 1.82) is 0 Å². The van der Waals surface area contributed by atoms with Gasteiger partial charge in [0.15, 0.2) is 5.96 Å². The van der Waals surface area contributed by atoms with Crippen LogP contribution in [-0.2, 0) is 6.42 Å². The van der Waals surface area contributed by atoms with Crippen LogP contribution >= 0.6 is 24.0 Å². The Labute approximate surface area is 166 Å². The molecule has 1 unspecified atom stereocenters. The lowest BCUT2D eigenvalue weighted by molar-refractivity contribution is 0.267. The van der Waals surface area contributed by atoms with Crippen LogP contribution in [0.1, 0.15) is 23.6 Å². The molecule has 1 aliphatic rings. The molecule has 1 aliphatic heterocycles. The maximum Gasteiger partial charge on any atom is 0.191 e. The molecule has 0 saturated carbocycles. The zero-order valence-corrected chi connectivity index (χ0v) is 16.8. The van der Waals surface area contributed by atoms with E-state index in [-0.39, 0.29) is 24.0 Å². The highest BCUT2D eigenvalue weighted by Crippen LogP contribution is 2.32. The minimum Gasteiger partial charge on any atom is -0.493 e. The lowest BCUT2D eigenvalue weighted by Crippen LogP contribution is -2.40. The molecule has 2 heterocycles. The second-order valence-corrected chi connectivity index (χ2v) is 5.82. The topological polar surface area (TPSA) is 58.5 Å². The SMILES string of the molecule is CN=C(NCCc1ccccn1)NCC1CCOc2ccccc21.I. The van der Waals surface area contributed by atoms with Crippen LogP contribution in [0.3, 0.4) is 0 Å². The monoisotopic (exact) mass is 452 g/mol. The number of aromatic nitrogens is 1. The summed E-state index contributed by atoms with van der Waals surface area (Å²) in [5, 5.41) is 6.78. The minimum absolute atomic E-state index is 0. The number of nitrogens with one attached hydrogen (secondary N) is 2. The van der Waals surface area contributed by atoms with Crippen molar-refractivity contribution in [3.05, 3.63) is 59.9 Å². The molecule has 0 amide bonds. The van der Waals surface area contributed by atoms with Crippen LogP contribution in [0.4, 0.5) is 0 Å². The molecule has 25 heavy (non-hydrogen) atoms. The second-order valence-electron chi connectivity index (χ2n) is 5.82. The number of hydrogen-bond acceptors (Lipinski definition) is 3. The van der Waals surface area contributed by atoms with Crippen molar-refractivity contribution < 1.29 is 4.74 Å². The van der Waals surface area contributed by atoms with Gasteiger partial charge in [-0.05, 0) is 30.2 Å². The summed E-state index contributed by atoms with van der Waals surface area (Å²) in [6.45, 7) is 2.43. The number of benzene rings is 1. The number of pyridine rings is 1. The lowest BCUT2D eigenvalue weighted by atomic mass is 9.93. The van der Waals surface area contributed by atoms with Gasteiger partial charge in [0.05, 0.1) is 6.61 Å². The van der Waals surface area contributed by atoms with Crippen molar-refractivity contribution in [1.82, 2.24) is 15.6 Å². The average molecular weight is 452 g/mol. The van der Waals surface area contributed by atoms with Gasteiger partial charge in [0.2, 0.25) is 0 Å². The van der Waals surface area contributed by atoms with Gasteiger partial charge in [-0.3, -0.25) is 9.98 Å². The van der Waals surface area contributed by atoms with Gasteiger partial charge in [0.25, 0.3) is 0 Å². The first-order valence-corrected chi connectivity index (χ1v) is 8.43. The Morgan fingerprint density at radius 1 is 1.20 bits per heavy atom. The number of rotatable bonds is 5. The van der Waals surface area contributed by atoms with Crippen LogP contribution in [0.25, 0.3) is 0 Å². The smallest absolute Gasteiger partial charge is 0.191 e. The summed E-state index contributed by atoms with van der Waals surface area (Å²) in [4.78, 5) is 8.63. The highest BCUT2D eigenvalue weighted by atomic mass is 127. The molecule has 1 aromatic heterocycles. The molecule has 6 heteroatoms. The van der Waals surface area contributed by atoms with Gasteiger partial charge < -0.3 is 15.4 Å². The molecule has 0 aliphatic carbocycles. The minimum atomic E-state index is 0. The molecule has 5 nitrogen and oxygen atoms in total. The summed E-state index contributed by atoms with van der Waals surface area (Å²) in [5.41, 5.74) is 2.36. The number of ether oxygens (including phenoxy) is 1. The van der Waals surface area contributed by atoms with Gasteiger partial charge >= 0.3 is 0 Å². The van der Waals surface area contributed by atoms with E-state index in [4.69, 9.17) is 4.74 Å². The molecule has 2 N–H and O–H groups in total. The molecule has 2 aromatic rings. The Bertz CT molecular complexity index is 678. The van der Waals surface area contributed by atoms with Crippen LogP contribution in [-0.4, -0.2) is 37.7 Å². The average Bonchev–Trinajstić information content (AvgIpc) is 2.65. The third-order valence-corrected chi connectivity index (χ3v) is 4.22. The van der Waals surface area contributed by atoms with Crippen LogP contribution in [0.15, 0.2) is 53.7 Å². The number of aliphatic imine (C=N–C) groups is 1. The molecule has 0 fully saturated rings. The van der Waals surface area contributed by atoms with E-state index < -0.39 is 0 Å². The fourth-order valence-electron chi connectivity index (χ4n) is 2.92. The predicted molar refractivity (Wildman–Crippen MR) is 112 cm³/mol. The normalized spacial score (nSPS) is 16.2. The number of nitrogens with zero attached hydrogens (tertiary/aromatic N) is 2. The summed E-state index contributed by atoms with van der Waals surface area (Å²) in [6.07, 6.45) is 3.72. The molecular weight excluding hydrogens is 427 g/mol. The standard InChI is InChI=1S/C19H24N4O.HI/c1-20-19(22-12-9-16-6-4-5-11-21-16)23-14-15-10-13-24-18-8-3-2-7-17(15)18;/h2-8,11,15H,9-10,12-14H2,1H3,(H2,20,22,23);1H. The molecule has 0 radical (unpaired) electrons. The fourth-order valence-corrected chi connectivity index (χ4v) is 2.92. The first-order chi connectivity index (χ1) is 11.9. The van der Waals surface area contributed by atoms with Gasteiger partial charge in [0, 0.05) is 44.4 Å². The van der Waals surface area contributed by atoms with E-state index in [1.54, 1.807) is 7.05 Å². The molecular formula is C19H25IN4O. The van der Waals surface area contributed by atoms with Crippen molar-refractivity contribution >= 4 is 29.9 Å². The zero-order chi connectivity index (χ0) is 16.6. The van der Waals surface area contributed by atoms with Gasteiger partial charge in [-0.25, -0.2) is 0 Å². The third kappa shape index (κ3) is 5.59. The zero-order valence-electron chi connectivity index (χ0n) is 14.4. The van der Waals surface area contributed by atoms with E-state index in [0.29, 0.717) is 5.92 Å². The van der Waals surface area contributed by atoms with E-state index in [9.17, 15) is 0 Å². The first kappa shape index (κ1) is 19.5. The Kier molecular flexibility index (Phi) is 7.97. The van der Waals surface area contributed by atoms with Crippen molar-refractivity contribution in [2.75, 3.05) is 26.7 Å². The molecule has 1 atom stereocenters. The maximum absolute atomic E-state index is 5.72. The van der Waals surface area contributed by atoms with Gasteiger partial charge in [-0.15, -0.1) is 24.0 Å². The van der Waals surface area contributed by atoms with E-state index in [1.807, 2.05) is 36.5 Å². The summed E-state index contributed by atoms with van der Waals surface area (Å²) in [5.74, 6) is 2.29. The van der Waals surface area contributed by atoms with Crippen molar-refractivity contribution in [2.24, 2.45) is 4.99 Å². The van der Waals surface area contributed by atoms with Crippen LogP contribution in [0.5, 0.6) is 5.75 Å². The van der Waals surface area contributed by atoms with E-state index in [1.165, 1.54) is 5.56 Å². The third-order valence-electron chi connectivity index (χ3n) is 4.22. The van der Waals surface area contributed by atoms with Crippen molar-refractivity contribution in [2.45, 2.75) is 18.8 Å². The second kappa shape index (κ2) is 10.2. The summed E-state index contributed by atoms with van der Waals surface area (Å²) in [7, 11) is 1.80. The maximum atomic E-state index is 5.72. The predicted octanol–water partition coefficient (Wildman–Crippen LogP) is 2.97. The molecule has 1 aromatic carbocycles. The Balaban J connectivity index is 0.00000225. The number of hydrogen-bond donors (Lipinski definition) is 2. The van der Waals surface area contributed by atoms with Gasteiger partial charge in [0.1, 0.15) is 5.75 Å². The Morgan fingerprint density at radius 3 is 2.84 bits per heavy atom. The number of para-hydroxylation sites is 1. The number of fused-ring (bicyclic) bond motifs is 1. The molecule has 0 bridgehead atoms. The van der Waals surface area contributed by atoms with Crippen molar-refractivity contribution in [3.63, 3.8) is 0 Å². The van der Waals surface area contributed by atoms with E-state index >= 15 is 0 Å². The molecule has 0 saturated heterocycles. The molecule has 0 spiro atoms. The number of guanidine groups is 1. The summed E-state index contributed by atoms with van der Waals surface area (Å²) >= 11 is 0. The first-order valence-electron chi connectivity index (χ1n) is 8.43. The van der Waals surface area contributed by atoms with E-state index in [2.05, 4.69) is 32.7 Å². The number of halogens is 1. The summed E-state index contributed by atoms with van der Waals surface area (Å²) < 4.78 is 5.72. The highest BCUT2D eigenvalue weighted by Gasteiger charge is 2.20. The van der Waals surface area contributed by atoms with Crippen LogP contribution in [0.2, 0.25) is 0 Å². The van der Waals surface area contributed by atoms with E-state index in [0.717, 1.165) is 49.9 Å². The highest BCUT2D eigenvalue weighted by molar-refractivity contribution is 14.0. The lowest BCUT2D eigenvalue weighted by Gasteiger charge is -2.26. The van der Waals surface area contributed by atoms with Gasteiger partial charge in [-0.2, -0.15) is 0 Å². The Hall–Kier alpha value is -1.83. The summed E-state index contributed by atoms with van der Waals surface area (Å²) in [6, 6.07) is 14.3. The van der Waals surface area contributed by atoms with Crippen molar-refractivity contribution in [3.8, 4) is 5.75 Å². The quantitative estimate of drug-likeness (QED) is 0.416. The largest absolute Gasteiger partial charge is 0.493 e.